The Kier molecular flexibility index (Phi) is 5.62. The third-order valence-corrected chi connectivity index (χ3v) is 3.43. The summed E-state index contributed by atoms with van der Waals surface area (Å²) in [5.74, 6) is -1.09. The van der Waals surface area contributed by atoms with Gasteiger partial charge in [0, 0.05) is 16.5 Å². The average Bonchev–Trinajstić information content (AvgIpc) is 2.35. The average molecular weight is 329 g/mol. The van der Waals surface area contributed by atoms with Gasteiger partial charge in [-0.05, 0) is 37.0 Å². The molecule has 1 aromatic rings. The number of alkyl halides is 1. The Morgan fingerprint density at radius 1 is 1.44 bits per heavy atom. The Labute approximate surface area is 118 Å². The number of thioether (sulfide) groups is 1. The van der Waals surface area contributed by atoms with Crippen LogP contribution in [0.2, 0.25) is 0 Å². The molecule has 0 aliphatic carbocycles. The van der Waals surface area contributed by atoms with Gasteiger partial charge >= 0.3 is 5.97 Å². The zero-order valence-corrected chi connectivity index (χ0v) is 12.4. The van der Waals surface area contributed by atoms with E-state index in [9.17, 15) is 9.59 Å². The minimum absolute atomic E-state index is 0.0593. The van der Waals surface area contributed by atoms with Crippen LogP contribution in [0.15, 0.2) is 29.2 Å². The lowest BCUT2D eigenvalue weighted by atomic mass is 10.0. The summed E-state index contributed by atoms with van der Waals surface area (Å²) in [5.41, 5.74) is 1.15. The van der Waals surface area contributed by atoms with Crippen molar-refractivity contribution in [1.29, 1.82) is 0 Å². The van der Waals surface area contributed by atoms with Crippen LogP contribution in [0.1, 0.15) is 22.8 Å². The zero-order chi connectivity index (χ0) is 13.7. The van der Waals surface area contributed by atoms with Crippen molar-refractivity contribution in [3.05, 3.63) is 35.4 Å². The van der Waals surface area contributed by atoms with Crippen LogP contribution in [-0.4, -0.2) is 27.9 Å². The van der Waals surface area contributed by atoms with E-state index in [1.165, 1.54) is 17.8 Å². The predicted molar refractivity (Wildman–Crippen MR) is 77.6 cm³/mol. The first-order chi connectivity index (χ1) is 8.45. The number of aliphatic carboxylic acids is 1. The first-order valence-electron chi connectivity index (χ1n) is 5.23. The van der Waals surface area contributed by atoms with Crippen molar-refractivity contribution in [2.45, 2.75) is 16.6 Å². The number of carbonyl (C=O) groups is 2. The first-order valence-corrected chi connectivity index (χ1v) is 7.37. The van der Waals surface area contributed by atoms with Crippen molar-refractivity contribution in [3.63, 3.8) is 0 Å². The Morgan fingerprint density at radius 2 is 2.11 bits per heavy atom. The molecule has 0 fully saturated rings. The van der Waals surface area contributed by atoms with Crippen LogP contribution in [0.3, 0.4) is 0 Å². The van der Waals surface area contributed by atoms with Crippen molar-refractivity contribution in [3.8, 4) is 0 Å². The smallest absolute Gasteiger partial charge is 0.328 e. The number of rotatable bonds is 5. The molecule has 0 aromatic heterocycles. The molecule has 0 bridgehead atoms. The predicted octanol–water partition coefficient (Wildman–Crippen LogP) is 3.47. The lowest BCUT2D eigenvalue weighted by molar-refractivity contribution is -0.131. The number of hydrogen-bond acceptors (Lipinski definition) is 3. The molecule has 0 saturated carbocycles. The summed E-state index contributed by atoms with van der Waals surface area (Å²) in [5, 5.41) is 8.63. The highest BCUT2D eigenvalue weighted by Crippen LogP contribution is 2.23. The van der Waals surface area contributed by atoms with E-state index < -0.39 is 5.97 Å². The molecule has 0 heterocycles. The highest BCUT2D eigenvalue weighted by atomic mass is 79.9. The Hall–Kier alpha value is -1.07. The van der Waals surface area contributed by atoms with Crippen molar-refractivity contribution in [2.75, 3.05) is 6.26 Å². The van der Waals surface area contributed by atoms with Gasteiger partial charge in [-0.2, -0.15) is 0 Å². The summed E-state index contributed by atoms with van der Waals surface area (Å²) in [7, 11) is 0. The number of ketones is 1. The Morgan fingerprint density at radius 3 is 2.61 bits per heavy atom. The van der Waals surface area contributed by atoms with Crippen molar-refractivity contribution < 1.29 is 14.7 Å². The summed E-state index contributed by atoms with van der Waals surface area (Å²) in [6, 6.07) is 5.40. The molecule has 18 heavy (non-hydrogen) atoms. The molecule has 0 saturated heterocycles. The monoisotopic (exact) mass is 328 g/mol. The van der Waals surface area contributed by atoms with Crippen LogP contribution in [0.5, 0.6) is 0 Å². The fraction of sp³-hybridized carbons (Fsp3) is 0.231. The lowest BCUT2D eigenvalue weighted by Gasteiger charge is -2.08. The van der Waals surface area contributed by atoms with Gasteiger partial charge in [-0.15, -0.1) is 11.8 Å². The molecule has 1 unspecified atom stereocenters. The van der Waals surface area contributed by atoms with E-state index in [0.29, 0.717) is 11.1 Å². The molecule has 0 radical (unpaired) electrons. The standard InChI is InChI=1S/C13H13BrO3S/c1-8(14)13(17)11-7-10(18-2)5-3-9(11)4-6-12(15)16/h3-8H,1-2H3,(H,15,16). The number of carbonyl (C=O) groups excluding carboxylic acids is 1. The third-order valence-electron chi connectivity index (χ3n) is 2.29. The van der Waals surface area contributed by atoms with Crippen molar-refractivity contribution in [1.82, 2.24) is 0 Å². The van der Waals surface area contributed by atoms with Gasteiger partial charge in [0.25, 0.3) is 0 Å². The van der Waals surface area contributed by atoms with E-state index in [4.69, 9.17) is 5.11 Å². The molecule has 1 rings (SSSR count). The SMILES string of the molecule is CSc1ccc(C=CC(=O)O)c(C(=O)C(C)Br)c1. The molecule has 3 nitrogen and oxygen atoms in total. The second kappa shape index (κ2) is 6.75. The summed E-state index contributed by atoms with van der Waals surface area (Å²) in [4.78, 5) is 23.2. The number of carboxylic acids is 1. The van der Waals surface area contributed by atoms with Crippen molar-refractivity contribution in [2.24, 2.45) is 0 Å². The molecule has 5 heteroatoms. The van der Waals surface area contributed by atoms with Crippen LogP contribution in [0, 0.1) is 0 Å². The number of halogens is 1. The van der Waals surface area contributed by atoms with E-state index in [1.807, 2.05) is 12.3 Å². The molecule has 0 amide bonds. The van der Waals surface area contributed by atoms with Gasteiger partial charge in [-0.25, -0.2) is 4.79 Å². The van der Waals surface area contributed by atoms with Crippen LogP contribution < -0.4 is 0 Å². The molecule has 96 valence electrons. The topological polar surface area (TPSA) is 54.4 Å². The quantitative estimate of drug-likeness (QED) is 0.389. The fourth-order valence-corrected chi connectivity index (χ4v) is 2.08. The Bertz CT molecular complexity index is 495. The normalized spacial score (nSPS) is 12.6. The highest BCUT2D eigenvalue weighted by molar-refractivity contribution is 9.10. The maximum absolute atomic E-state index is 12.0. The molecular formula is C13H13BrO3S. The zero-order valence-electron chi connectivity index (χ0n) is 10.0. The number of benzene rings is 1. The largest absolute Gasteiger partial charge is 0.478 e. The fourth-order valence-electron chi connectivity index (χ4n) is 1.40. The van der Waals surface area contributed by atoms with Gasteiger partial charge in [0.05, 0.1) is 4.83 Å². The maximum Gasteiger partial charge on any atom is 0.328 e. The van der Waals surface area contributed by atoms with Crippen molar-refractivity contribution >= 4 is 45.5 Å². The summed E-state index contributed by atoms with van der Waals surface area (Å²) in [6.07, 6.45) is 4.40. The molecule has 0 aliphatic rings. The van der Waals surface area contributed by atoms with Crippen LogP contribution in [-0.2, 0) is 4.79 Å². The minimum Gasteiger partial charge on any atom is -0.478 e. The van der Waals surface area contributed by atoms with Gasteiger partial charge < -0.3 is 5.11 Å². The second-order valence-corrected chi connectivity index (χ2v) is 5.86. The number of hydrogen-bond donors (Lipinski definition) is 1. The third kappa shape index (κ3) is 3.99. The Balaban J connectivity index is 3.24. The molecule has 0 spiro atoms. The molecule has 1 N–H and O–H groups in total. The number of Topliss-reactive ketones (excluding diaryl/α,β-unsaturated/α-hetero) is 1. The molecule has 0 aliphatic heterocycles. The molecular weight excluding hydrogens is 316 g/mol. The summed E-state index contributed by atoms with van der Waals surface area (Å²) < 4.78 is 0. The lowest BCUT2D eigenvalue weighted by Crippen LogP contribution is -2.11. The van der Waals surface area contributed by atoms with Crippen LogP contribution in [0.4, 0.5) is 0 Å². The van der Waals surface area contributed by atoms with Gasteiger partial charge in [-0.1, -0.05) is 22.0 Å². The van der Waals surface area contributed by atoms with Gasteiger partial charge in [-0.3, -0.25) is 4.79 Å². The van der Waals surface area contributed by atoms with Crippen LogP contribution >= 0.6 is 27.7 Å². The highest BCUT2D eigenvalue weighted by Gasteiger charge is 2.15. The van der Waals surface area contributed by atoms with Crippen LogP contribution in [0.25, 0.3) is 6.08 Å². The second-order valence-electron chi connectivity index (χ2n) is 3.61. The number of carboxylic acid groups (broad SMARTS) is 1. The van der Waals surface area contributed by atoms with E-state index in [1.54, 1.807) is 19.1 Å². The minimum atomic E-state index is -1.03. The van der Waals surface area contributed by atoms with E-state index in [-0.39, 0.29) is 10.6 Å². The maximum atomic E-state index is 12.0. The van der Waals surface area contributed by atoms with Gasteiger partial charge in [0.2, 0.25) is 0 Å². The van der Waals surface area contributed by atoms with E-state index in [2.05, 4.69) is 15.9 Å². The van der Waals surface area contributed by atoms with Gasteiger partial charge in [0.15, 0.2) is 5.78 Å². The summed E-state index contributed by atoms with van der Waals surface area (Å²) >= 11 is 4.78. The van der Waals surface area contributed by atoms with Gasteiger partial charge in [0.1, 0.15) is 0 Å². The van der Waals surface area contributed by atoms with E-state index >= 15 is 0 Å². The molecule has 1 atom stereocenters. The van der Waals surface area contributed by atoms with E-state index in [0.717, 1.165) is 11.0 Å². The first kappa shape index (κ1) is 15.0. The molecule has 1 aromatic carbocycles. The summed E-state index contributed by atoms with van der Waals surface area (Å²) in [6.45, 7) is 1.75.